The summed E-state index contributed by atoms with van der Waals surface area (Å²) in [6.07, 6.45) is 5.55. The number of hydrogen-bond acceptors (Lipinski definition) is 1. The van der Waals surface area contributed by atoms with Crippen molar-refractivity contribution in [2.24, 2.45) is 4.99 Å². The van der Waals surface area contributed by atoms with Gasteiger partial charge in [-0.1, -0.05) is 56.3 Å². The molecule has 0 saturated heterocycles. The van der Waals surface area contributed by atoms with E-state index in [4.69, 9.17) is 6.42 Å². The van der Waals surface area contributed by atoms with Gasteiger partial charge in [-0.3, -0.25) is 0 Å². The van der Waals surface area contributed by atoms with Gasteiger partial charge in [0, 0.05) is 5.56 Å². The largest absolute Gasteiger partial charge is 0.239 e. The van der Waals surface area contributed by atoms with Crippen LogP contribution in [0.2, 0.25) is 0 Å². The van der Waals surface area contributed by atoms with E-state index in [1.54, 1.807) is 0 Å². The quantitative estimate of drug-likeness (QED) is 0.556. The minimum atomic E-state index is 0.527. The lowest BCUT2D eigenvalue weighted by molar-refractivity contribution is 0.867. The third kappa shape index (κ3) is 3.33. The summed E-state index contributed by atoms with van der Waals surface area (Å²) in [7, 11) is 0. The predicted molar refractivity (Wildman–Crippen MR) is 82.0 cm³/mol. The first-order valence-corrected chi connectivity index (χ1v) is 6.41. The molecule has 1 heteroatoms. The summed E-state index contributed by atoms with van der Waals surface area (Å²) in [4.78, 5) is 4.53. The fourth-order valence-corrected chi connectivity index (χ4v) is 1.84. The molecule has 2 rings (SSSR count). The zero-order valence-electron chi connectivity index (χ0n) is 11.3. The van der Waals surface area contributed by atoms with Crippen LogP contribution in [0.5, 0.6) is 0 Å². The second-order valence-electron chi connectivity index (χ2n) is 4.72. The molecule has 19 heavy (non-hydrogen) atoms. The Bertz CT molecular complexity index is 598. The minimum absolute atomic E-state index is 0.527. The number of aliphatic imine (C=N–C) groups is 1. The van der Waals surface area contributed by atoms with Crippen molar-refractivity contribution in [3.63, 3.8) is 0 Å². The first-order chi connectivity index (χ1) is 9.20. The van der Waals surface area contributed by atoms with Crippen LogP contribution in [0.25, 0.3) is 0 Å². The van der Waals surface area contributed by atoms with Crippen LogP contribution in [-0.2, 0) is 0 Å². The van der Waals surface area contributed by atoms with E-state index in [0.29, 0.717) is 11.6 Å². The molecule has 0 aliphatic rings. The third-order valence-electron chi connectivity index (χ3n) is 2.98. The molecule has 0 saturated carbocycles. The molecule has 0 atom stereocenters. The van der Waals surface area contributed by atoms with Crippen molar-refractivity contribution in [2.45, 2.75) is 19.8 Å². The van der Waals surface area contributed by atoms with Gasteiger partial charge in [0.1, 0.15) is 5.71 Å². The van der Waals surface area contributed by atoms with Crippen LogP contribution in [0.15, 0.2) is 59.6 Å². The van der Waals surface area contributed by atoms with E-state index in [1.165, 1.54) is 5.56 Å². The molecular weight excluding hydrogens is 230 g/mol. The maximum atomic E-state index is 5.55. The summed E-state index contributed by atoms with van der Waals surface area (Å²) in [5.74, 6) is 3.18. The molecule has 2 aromatic rings. The van der Waals surface area contributed by atoms with E-state index in [1.807, 2.05) is 42.5 Å². The van der Waals surface area contributed by atoms with Crippen molar-refractivity contribution in [1.82, 2.24) is 0 Å². The maximum Gasteiger partial charge on any atom is 0.120 e. The molecule has 94 valence electrons. The molecule has 0 aromatic heterocycles. The van der Waals surface area contributed by atoms with Crippen LogP contribution in [-0.4, -0.2) is 5.71 Å². The lowest BCUT2D eigenvalue weighted by atomic mass is 10.0. The van der Waals surface area contributed by atoms with E-state index in [9.17, 15) is 0 Å². The Morgan fingerprint density at radius 2 is 1.63 bits per heavy atom. The number of benzene rings is 2. The highest BCUT2D eigenvalue weighted by atomic mass is 14.7. The molecule has 0 bridgehead atoms. The molecule has 0 spiro atoms. The Kier molecular flexibility index (Phi) is 4.15. The first kappa shape index (κ1) is 13.1. The number of terminal acetylenes is 1. The summed E-state index contributed by atoms with van der Waals surface area (Å²) in [6.45, 7) is 4.35. The SMILES string of the molecule is C#CC(=Nc1ccc(C(C)C)cc1)c1ccccc1. The molecule has 0 aliphatic heterocycles. The van der Waals surface area contributed by atoms with Gasteiger partial charge in [0.2, 0.25) is 0 Å². The second-order valence-corrected chi connectivity index (χ2v) is 4.72. The average molecular weight is 247 g/mol. The minimum Gasteiger partial charge on any atom is -0.239 e. The van der Waals surface area contributed by atoms with Crippen LogP contribution in [0.4, 0.5) is 5.69 Å². The van der Waals surface area contributed by atoms with Crippen molar-refractivity contribution in [2.75, 3.05) is 0 Å². The van der Waals surface area contributed by atoms with Crippen LogP contribution in [0.1, 0.15) is 30.9 Å². The zero-order valence-corrected chi connectivity index (χ0v) is 11.3. The van der Waals surface area contributed by atoms with Gasteiger partial charge in [0.15, 0.2) is 0 Å². The standard InChI is InChI=1S/C18H17N/c1-4-18(16-8-6-5-7-9-16)19-17-12-10-15(11-13-17)14(2)3/h1,5-14H,2-3H3. The molecular formula is C18H17N. The van der Waals surface area contributed by atoms with Crippen molar-refractivity contribution in [3.05, 3.63) is 65.7 Å². The molecule has 0 fully saturated rings. The lowest BCUT2D eigenvalue weighted by Crippen LogP contribution is -1.95. The normalized spacial score (nSPS) is 11.4. The third-order valence-corrected chi connectivity index (χ3v) is 2.98. The number of nitrogens with zero attached hydrogens (tertiary/aromatic N) is 1. The van der Waals surface area contributed by atoms with E-state index in [0.717, 1.165) is 11.3 Å². The van der Waals surface area contributed by atoms with Gasteiger partial charge >= 0.3 is 0 Å². The highest BCUT2D eigenvalue weighted by molar-refractivity contribution is 6.13. The monoisotopic (exact) mass is 247 g/mol. The molecule has 1 nitrogen and oxygen atoms in total. The van der Waals surface area contributed by atoms with Crippen molar-refractivity contribution in [3.8, 4) is 12.3 Å². The fourth-order valence-electron chi connectivity index (χ4n) is 1.84. The number of rotatable bonds is 3. The van der Waals surface area contributed by atoms with Crippen LogP contribution < -0.4 is 0 Å². The van der Waals surface area contributed by atoms with Crippen molar-refractivity contribution < 1.29 is 0 Å². The zero-order chi connectivity index (χ0) is 13.7. The molecule has 0 aliphatic carbocycles. The van der Waals surface area contributed by atoms with Crippen LogP contribution in [0, 0.1) is 12.3 Å². The first-order valence-electron chi connectivity index (χ1n) is 6.41. The van der Waals surface area contributed by atoms with E-state index in [2.05, 4.69) is 36.9 Å². The van der Waals surface area contributed by atoms with Gasteiger partial charge in [-0.15, -0.1) is 6.42 Å². The van der Waals surface area contributed by atoms with Gasteiger partial charge < -0.3 is 0 Å². The summed E-state index contributed by atoms with van der Waals surface area (Å²) in [5.41, 5.74) is 3.83. The highest BCUT2D eigenvalue weighted by Gasteiger charge is 2.01. The van der Waals surface area contributed by atoms with Gasteiger partial charge in [-0.05, 0) is 29.5 Å². The smallest absolute Gasteiger partial charge is 0.120 e. The van der Waals surface area contributed by atoms with E-state index >= 15 is 0 Å². The number of hydrogen-bond donors (Lipinski definition) is 0. The van der Waals surface area contributed by atoms with Crippen LogP contribution in [0.3, 0.4) is 0 Å². The van der Waals surface area contributed by atoms with E-state index in [-0.39, 0.29) is 0 Å². The van der Waals surface area contributed by atoms with Gasteiger partial charge in [0.05, 0.1) is 5.69 Å². The Morgan fingerprint density at radius 1 is 1.00 bits per heavy atom. The maximum absolute atomic E-state index is 5.55. The Labute approximate surface area is 115 Å². The van der Waals surface area contributed by atoms with Gasteiger partial charge in [0.25, 0.3) is 0 Å². The summed E-state index contributed by atoms with van der Waals surface area (Å²) in [5, 5.41) is 0. The van der Waals surface area contributed by atoms with E-state index < -0.39 is 0 Å². The highest BCUT2D eigenvalue weighted by Crippen LogP contribution is 2.19. The fraction of sp³-hybridized carbons (Fsp3) is 0.167. The summed E-state index contributed by atoms with van der Waals surface area (Å²) < 4.78 is 0. The van der Waals surface area contributed by atoms with Gasteiger partial charge in [-0.25, -0.2) is 4.99 Å². The molecule has 2 aromatic carbocycles. The molecule has 0 N–H and O–H groups in total. The van der Waals surface area contributed by atoms with Gasteiger partial charge in [-0.2, -0.15) is 0 Å². The summed E-state index contributed by atoms with van der Waals surface area (Å²) >= 11 is 0. The molecule has 0 unspecified atom stereocenters. The topological polar surface area (TPSA) is 12.4 Å². The van der Waals surface area contributed by atoms with Crippen molar-refractivity contribution >= 4 is 11.4 Å². The Balaban J connectivity index is 2.31. The molecule has 0 amide bonds. The van der Waals surface area contributed by atoms with Crippen LogP contribution >= 0.6 is 0 Å². The summed E-state index contributed by atoms with van der Waals surface area (Å²) in [6, 6.07) is 18.1. The average Bonchev–Trinajstić information content (AvgIpc) is 2.46. The lowest BCUT2D eigenvalue weighted by Gasteiger charge is -2.05. The second kappa shape index (κ2) is 6.02. The van der Waals surface area contributed by atoms with Crippen molar-refractivity contribution in [1.29, 1.82) is 0 Å². The molecule has 0 radical (unpaired) electrons. The Morgan fingerprint density at radius 3 is 2.16 bits per heavy atom. The Hall–Kier alpha value is -2.33. The predicted octanol–water partition coefficient (Wildman–Crippen LogP) is 4.56. The molecule has 0 heterocycles.